The fourth-order valence-electron chi connectivity index (χ4n) is 1.19. The van der Waals surface area contributed by atoms with Gasteiger partial charge in [-0.3, -0.25) is 10.0 Å². The van der Waals surface area contributed by atoms with Crippen molar-refractivity contribution in [2.45, 2.75) is 0 Å². The van der Waals surface area contributed by atoms with Gasteiger partial charge in [0.15, 0.2) is 5.82 Å². The molecule has 3 N–H and O–H groups in total. The van der Waals surface area contributed by atoms with E-state index in [0.717, 1.165) is 6.07 Å². The van der Waals surface area contributed by atoms with Crippen LogP contribution in [0.15, 0.2) is 16.9 Å². The van der Waals surface area contributed by atoms with Gasteiger partial charge in [-0.05, 0) is 6.07 Å². The normalized spacial score (nSPS) is 10.6. The summed E-state index contributed by atoms with van der Waals surface area (Å²) in [5, 5.41) is 8.49. The molecule has 5 nitrogen and oxygen atoms in total. The summed E-state index contributed by atoms with van der Waals surface area (Å²) in [6.45, 7) is 0. The van der Waals surface area contributed by atoms with E-state index >= 15 is 0 Å². The van der Waals surface area contributed by atoms with Crippen LogP contribution in [-0.4, -0.2) is 15.2 Å². The molecular weight excluding hydrogens is 208 g/mol. The van der Waals surface area contributed by atoms with Crippen molar-refractivity contribution in [2.75, 3.05) is 5.48 Å². The highest BCUT2D eigenvalue weighted by Crippen LogP contribution is 2.15. The molecule has 1 aromatic heterocycles. The highest BCUT2D eigenvalue weighted by atomic mass is 19.1. The summed E-state index contributed by atoms with van der Waals surface area (Å²) in [7, 11) is 0. The predicted molar refractivity (Wildman–Crippen MR) is 47.7 cm³/mol. The predicted octanol–water partition coefficient (Wildman–Crippen LogP) is 1.00. The molecule has 15 heavy (non-hydrogen) atoms. The van der Waals surface area contributed by atoms with Crippen molar-refractivity contribution < 1.29 is 14.0 Å². The zero-order valence-electron chi connectivity index (χ0n) is 7.21. The standard InChI is InChI=1S/C8H5F2N3O2/c9-3-1-4(10)6-5(2-3)11-8(14)7(12-6)13-15/h1-2,15H,(H,11,14)(H,12,13). The number of anilines is 1. The van der Waals surface area contributed by atoms with Crippen LogP contribution in [0.25, 0.3) is 11.0 Å². The van der Waals surface area contributed by atoms with E-state index < -0.39 is 23.0 Å². The lowest BCUT2D eigenvalue weighted by Gasteiger charge is -2.01. The second kappa shape index (κ2) is 3.28. The third-order valence-electron chi connectivity index (χ3n) is 1.82. The SMILES string of the molecule is O=c1[nH]c2cc(F)cc(F)c2nc1NO. The molecule has 1 aromatic carbocycles. The lowest BCUT2D eigenvalue weighted by atomic mass is 10.3. The summed E-state index contributed by atoms with van der Waals surface area (Å²) in [6, 6.07) is 1.57. The Morgan fingerprint density at radius 1 is 1.40 bits per heavy atom. The number of H-pyrrole nitrogens is 1. The third kappa shape index (κ3) is 1.52. The Bertz CT molecular complexity index is 582. The molecule has 0 unspecified atom stereocenters. The molecule has 2 aromatic rings. The van der Waals surface area contributed by atoms with E-state index in [9.17, 15) is 13.6 Å². The molecule has 0 radical (unpaired) electrons. The molecule has 0 aliphatic rings. The van der Waals surface area contributed by atoms with Crippen LogP contribution in [-0.2, 0) is 0 Å². The van der Waals surface area contributed by atoms with Crippen molar-refractivity contribution in [1.29, 1.82) is 0 Å². The highest BCUT2D eigenvalue weighted by Gasteiger charge is 2.09. The van der Waals surface area contributed by atoms with Gasteiger partial charge in [0.1, 0.15) is 11.3 Å². The average Bonchev–Trinajstić information content (AvgIpc) is 2.16. The van der Waals surface area contributed by atoms with E-state index in [4.69, 9.17) is 5.21 Å². The summed E-state index contributed by atoms with van der Waals surface area (Å²) in [4.78, 5) is 16.8. The fourth-order valence-corrected chi connectivity index (χ4v) is 1.19. The van der Waals surface area contributed by atoms with Gasteiger partial charge >= 0.3 is 0 Å². The number of aromatic amines is 1. The van der Waals surface area contributed by atoms with Gasteiger partial charge in [0.25, 0.3) is 5.56 Å². The Hall–Kier alpha value is -2.02. The van der Waals surface area contributed by atoms with Gasteiger partial charge in [-0.25, -0.2) is 19.2 Å². The summed E-state index contributed by atoms with van der Waals surface area (Å²) in [6.07, 6.45) is 0. The van der Waals surface area contributed by atoms with Crippen molar-refractivity contribution in [3.8, 4) is 0 Å². The first-order valence-electron chi connectivity index (χ1n) is 3.91. The van der Waals surface area contributed by atoms with Crippen molar-refractivity contribution in [3.63, 3.8) is 0 Å². The number of rotatable bonds is 1. The minimum Gasteiger partial charge on any atom is -0.317 e. The van der Waals surface area contributed by atoms with Gasteiger partial charge in [0.05, 0.1) is 5.52 Å². The molecule has 7 heteroatoms. The number of aromatic nitrogens is 2. The van der Waals surface area contributed by atoms with E-state index in [0.29, 0.717) is 6.07 Å². The number of halogens is 2. The molecule has 0 amide bonds. The van der Waals surface area contributed by atoms with Gasteiger partial charge < -0.3 is 4.98 Å². The number of fused-ring (bicyclic) bond motifs is 1. The number of hydrogen-bond donors (Lipinski definition) is 3. The number of nitrogens with one attached hydrogen (secondary N) is 2. The molecule has 78 valence electrons. The monoisotopic (exact) mass is 213 g/mol. The summed E-state index contributed by atoms with van der Waals surface area (Å²) >= 11 is 0. The van der Waals surface area contributed by atoms with E-state index in [1.165, 1.54) is 5.48 Å². The van der Waals surface area contributed by atoms with Crippen molar-refractivity contribution in [3.05, 3.63) is 34.1 Å². The number of hydrogen-bond acceptors (Lipinski definition) is 4. The maximum Gasteiger partial charge on any atom is 0.293 e. The second-order valence-corrected chi connectivity index (χ2v) is 2.81. The van der Waals surface area contributed by atoms with Crippen LogP contribution in [0, 0.1) is 11.6 Å². The maximum absolute atomic E-state index is 13.2. The molecule has 0 spiro atoms. The minimum atomic E-state index is -0.919. The first kappa shape index (κ1) is 9.53. The molecule has 0 atom stereocenters. The molecule has 0 bridgehead atoms. The Labute approximate surface area is 81.3 Å². The first-order chi connectivity index (χ1) is 7.11. The van der Waals surface area contributed by atoms with E-state index in [2.05, 4.69) is 9.97 Å². The first-order valence-corrected chi connectivity index (χ1v) is 3.91. The number of nitrogens with zero attached hydrogens (tertiary/aromatic N) is 1. The summed E-state index contributed by atoms with van der Waals surface area (Å²) in [5.41, 5.74) is 0.444. The van der Waals surface area contributed by atoms with Crippen molar-refractivity contribution in [2.24, 2.45) is 0 Å². The Morgan fingerprint density at radius 3 is 2.80 bits per heavy atom. The average molecular weight is 213 g/mol. The largest absolute Gasteiger partial charge is 0.317 e. The van der Waals surface area contributed by atoms with Crippen molar-refractivity contribution in [1.82, 2.24) is 9.97 Å². The van der Waals surface area contributed by atoms with E-state index in [-0.39, 0.29) is 11.0 Å². The molecule has 2 rings (SSSR count). The van der Waals surface area contributed by atoms with Gasteiger partial charge in [-0.2, -0.15) is 0 Å². The zero-order chi connectivity index (χ0) is 11.0. The fraction of sp³-hybridized carbons (Fsp3) is 0. The third-order valence-corrected chi connectivity index (χ3v) is 1.82. The molecule has 0 aliphatic heterocycles. The quantitative estimate of drug-likeness (QED) is 0.617. The van der Waals surface area contributed by atoms with Gasteiger partial charge in [0, 0.05) is 6.07 Å². The van der Waals surface area contributed by atoms with E-state index in [1.54, 1.807) is 0 Å². The van der Waals surface area contributed by atoms with Gasteiger partial charge in [-0.1, -0.05) is 0 Å². The van der Waals surface area contributed by atoms with Gasteiger partial charge in [-0.15, -0.1) is 0 Å². The Balaban J connectivity index is 2.87. The smallest absolute Gasteiger partial charge is 0.293 e. The van der Waals surface area contributed by atoms with E-state index in [1.807, 2.05) is 0 Å². The minimum absolute atomic E-state index is 0.0727. The van der Waals surface area contributed by atoms with Crippen molar-refractivity contribution >= 4 is 16.9 Å². The summed E-state index contributed by atoms with van der Waals surface area (Å²) in [5.74, 6) is -2.19. The topological polar surface area (TPSA) is 78.0 Å². The molecule has 0 fully saturated rings. The lowest BCUT2D eigenvalue weighted by Crippen LogP contribution is -2.14. The molecule has 1 heterocycles. The Morgan fingerprint density at radius 2 is 2.13 bits per heavy atom. The highest BCUT2D eigenvalue weighted by molar-refractivity contribution is 5.76. The van der Waals surface area contributed by atoms with Crippen LogP contribution in [0.4, 0.5) is 14.6 Å². The maximum atomic E-state index is 13.2. The van der Waals surface area contributed by atoms with Crippen LogP contribution < -0.4 is 11.0 Å². The zero-order valence-corrected chi connectivity index (χ0v) is 7.21. The van der Waals surface area contributed by atoms with Crippen LogP contribution in [0.2, 0.25) is 0 Å². The molecule has 0 aliphatic carbocycles. The Kier molecular flexibility index (Phi) is 2.09. The number of benzene rings is 1. The van der Waals surface area contributed by atoms with Crippen LogP contribution >= 0.6 is 0 Å². The van der Waals surface area contributed by atoms with Gasteiger partial charge in [0.2, 0.25) is 5.82 Å². The lowest BCUT2D eigenvalue weighted by molar-refractivity contribution is 0.385. The van der Waals surface area contributed by atoms with Crippen LogP contribution in [0.1, 0.15) is 0 Å². The van der Waals surface area contributed by atoms with Crippen LogP contribution in [0.3, 0.4) is 0 Å². The molecule has 0 saturated heterocycles. The summed E-state index contributed by atoms with van der Waals surface area (Å²) < 4.78 is 25.9. The molecule has 0 saturated carbocycles. The second-order valence-electron chi connectivity index (χ2n) is 2.81. The van der Waals surface area contributed by atoms with Crippen LogP contribution in [0.5, 0.6) is 0 Å². The molecular formula is C8H5F2N3O2.